The molecule has 2 heteroatoms. The number of benzene rings is 2. The fraction of sp³-hybridized carbons (Fsp3) is 0.520. The number of rotatable bonds is 6. The lowest BCUT2D eigenvalue weighted by Gasteiger charge is -2.47. The molecule has 0 unspecified atom stereocenters. The monoisotopic (exact) mass is 364 g/mol. The van der Waals surface area contributed by atoms with Crippen molar-refractivity contribution in [2.75, 3.05) is 6.54 Å². The van der Waals surface area contributed by atoms with E-state index in [0.717, 1.165) is 13.0 Å². The molecule has 1 fully saturated rings. The molecule has 2 aromatic carbocycles. The Morgan fingerprint density at radius 3 is 2.04 bits per heavy atom. The maximum Gasteiger partial charge on any atom is 0.0144 e. The summed E-state index contributed by atoms with van der Waals surface area (Å²) in [5.41, 5.74) is 4.42. The topological polar surface area (TPSA) is 24.1 Å². The minimum absolute atomic E-state index is 0.204. The maximum absolute atomic E-state index is 3.85. The van der Waals surface area contributed by atoms with Gasteiger partial charge in [0.25, 0.3) is 0 Å². The minimum Gasteiger partial charge on any atom is -0.314 e. The molecule has 3 rings (SSSR count). The van der Waals surface area contributed by atoms with Gasteiger partial charge in [-0.1, -0.05) is 61.5 Å². The summed E-state index contributed by atoms with van der Waals surface area (Å²) in [6.07, 6.45) is 3.50. The quantitative estimate of drug-likeness (QED) is 0.714. The first-order valence-corrected chi connectivity index (χ1v) is 10.4. The molecule has 1 aliphatic heterocycles. The second kappa shape index (κ2) is 8.16. The third-order valence-electron chi connectivity index (χ3n) is 5.59. The van der Waals surface area contributed by atoms with Crippen LogP contribution in [-0.4, -0.2) is 23.7 Å². The fourth-order valence-electron chi connectivity index (χ4n) is 4.77. The van der Waals surface area contributed by atoms with Crippen molar-refractivity contribution < 1.29 is 0 Å². The second-order valence-corrected chi connectivity index (χ2v) is 9.78. The van der Waals surface area contributed by atoms with Gasteiger partial charge in [-0.3, -0.25) is 0 Å². The average Bonchev–Trinajstić information content (AvgIpc) is 2.59. The van der Waals surface area contributed by atoms with Gasteiger partial charge in [-0.15, -0.1) is 0 Å². The van der Waals surface area contributed by atoms with Crippen molar-refractivity contribution in [1.82, 2.24) is 10.6 Å². The summed E-state index contributed by atoms with van der Waals surface area (Å²) < 4.78 is 0. The predicted octanol–water partition coefficient (Wildman–Crippen LogP) is 5.43. The Bertz CT molecular complexity index is 700. The number of piperidine rings is 1. The van der Waals surface area contributed by atoms with Gasteiger partial charge >= 0.3 is 0 Å². The van der Waals surface area contributed by atoms with Gasteiger partial charge in [0.15, 0.2) is 0 Å². The molecule has 1 aliphatic rings. The van der Waals surface area contributed by atoms with Gasteiger partial charge in [0.1, 0.15) is 0 Å². The van der Waals surface area contributed by atoms with Crippen LogP contribution in [0.25, 0.3) is 11.1 Å². The van der Waals surface area contributed by atoms with Crippen molar-refractivity contribution in [2.45, 2.75) is 71.0 Å². The third-order valence-corrected chi connectivity index (χ3v) is 5.59. The molecule has 0 saturated carbocycles. The highest BCUT2D eigenvalue weighted by atomic mass is 15.1. The second-order valence-electron chi connectivity index (χ2n) is 9.78. The van der Waals surface area contributed by atoms with Crippen LogP contribution in [-0.2, 0) is 6.42 Å². The Balaban J connectivity index is 1.51. The molecule has 0 amide bonds. The van der Waals surface area contributed by atoms with Crippen LogP contribution in [0, 0.1) is 5.92 Å². The fourth-order valence-corrected chi connectivity index (χ4v) is 4.77. The van der Waals surface area contributed by atoms with Gasteiger partial charge in [-0.25, -0.2) is 0 Å². The smallest absolute Gasteiger partial charge is 0.0144 e. The molecule has 146 valence electrons. The third kappa shape index (κ3) is 5.92. The van der Waals surface area contributed by atoms with Crippen LogP contribution in [0.15, 0.2) is 54.6 Å². The van der Waals surface area contributed by atoms with E-state index in [1.54, 1.807) is 0 Å². The zero-order chi connectivity index (χ0) is 19.5. The lowest BCUT2D eigenvalue weighted by atomic mass is 9.79. The van der Waals surface area contributed by atoms with Gasteiger partial charge in [0.05, 0.1) is 0 Å². The zero-order valence-electron chi connectivity index (χ0n) is 17.7. The van der Waals surface area contributed by atoms with Gasteiger partial charge in [-0.2, -0.15) is 0 Å². The Kier molecular flexibility index (Phi) is 6.08. The number of nitrogens with one attached hydrogen (secondary N) is 2. The van der Waals surface area contributed by atoms with Crippen LogP contribution in [0.5, 0.6) is 0 Å². The van der Waals surface area contributed by atoms with Crippen LogP contribution in [0.3, 0.4) is 0 Å². The standard InChI is InChI=1S/C25H36N2/c1-19(18-26-23-16-24(2,3)27-25(4,5)17-23)15-20-11-13-22(14-12-20)21-9-7-6-8-10-21/h6-14,19,23,26-27H,15-18H2,1-5H3/t19-/m1/s1. The molecule has 2 N–H and O–H groups in total. The summed E-state index contributed by atoms with van der Waals surface area (Å²) in [7, 11) is 0. The summed E-state index contributed by atoms with van der Waals surface area (Å²) in [6.45, 7) is 12.7. The molecular formula is C25H36N2. The van der Waals surface area contributed by atoms with Crippen molar-refractivity contribution >= 4 is 0 Å². The highest BCUT2D eigenvalue weighted by molar-refractivity contribution is 5.63. The number of hydrogen-bond acceptors (Lipinski definition) is 2. The van der Waals surface area contributed by atoms with E-state index in [1.807, 2.05) is 0 Å². The van der Waals surface area contributed by atoms with E-state index in [0.29, 0.717) is 12.0 Å². The highest BCUT2D eigenvalue weighted by Gasteiger charge is 2.37. The average molecular weight is 365 g/mol. The maximum atomic E-state index is 3.85. The Morgan fingerprint density at radius 1 is 0.889 bits per heavy atom. The zero-order valence-corrected chi connectivity index (χ0v) is 17.7. The molecular weight excluding hydrogens is 328 g/mol. The summed E-state index contributed by atoms with van der Waals surface area (Å²) in [5, 5.41) is 7.62. The molecule has 1 atom stereocenters. The minimum atomic E-state index is 0.204. The van der Waals surface area contributed by atoms with Crippen LogP contribution in [0.2, 0.25) is 0 Å². The lowest BCUT2D eigenvalue weighted by Crippen LogP contribution is -2.61. The van der Waals surface area contributed by atoms with E-state index in [9.17, 15) is 0 Å². The van der Waals surface area contributed by atoms with Crippen LogP contribution >= 0.6 is 0 Å². The largest absolute Gasteiger partial charge is 0.314 e. The molecule has 1 heterocycles. The van der Waals surface area contributed by atoms with E-state index in [-0.39, 0.29) is 11.1 Å². The normalized spacial score (nSPS) is 20.3. The molecule has 1 saturated heterocycles. The van der Waals surface area contributed by atoms with Gasteiger partial charge < -0.3 is 10.6 Å². The van der Waals surface area contributed by atoms with Crippen molar-refractivity contribution in [3.05, 3.63) is 60.2 Å². The Hall–Kier alpha value is -1.64. The highest BCUT2D eigenvalue weighted by Crippen LogP contribution is 2.28. The van der Waals surface area contributed by atoms with E-state index in [4.69, 9.17) is 0 Å². The summed E-state index contributed by atoms with van der Waals surface area (Å²) in [4.78, 5) is 0. The molecule has 0 radical (unpaired) electrons. The molecule has 27 heavy (non-hydrogen) atoms. The lowest BCUT2D eigenvalue weighted by molar-refractivity contribution is 0.144. The first-order valence-electron chi connectivity index (χ1n) is 10.4. The predicted molar refractivity (Wildman–Crippen MR) is 117 cm³/mol. The van der Waals surface area contributed by atoms with Gasteiger partial charge in [0, 0.05) is 17.1 Å². The van der Waals surface area contributed by atoms with Crippen LogP contribution < -0.4 is 10.6 Å². The van der Waals surface area contributed by atoms with Gasteiger partial charge in [-0.05, 0) is 76.1 Å². The van der Waals surface area contributed by atoms with E-state index in [1.165, 1.54) is 29.5 Å². The van der Waals surface area contributed by atoms with Crippen molar-refractivity contribution in [3.8, 4) is 11.1 Å². The van der Waals surface area contributed by atoms with Crippen molar-refractivity contribution in [1.29, 1.82) is 0 Å². The van der Waals surface area contributed by atoms with Crippen molar-refractivity contribution in [2.24, 2.45) is 5.92 Å². The summed E-state index contributed by atoms with van der Waals surface area (Å²) in [5.74, 6) is 0.633. The Labute approximate surface area is 165 Å². The van der Waals surface area contributed by atoms with E-state index in [2.05, 4.69) is 99.8 Å². The van der Waals surface area contributed by atoms with Crippen LogP contribution in [0.4, 0.5) is 0 Å². The SMILES string of the molecule is C[C@@H](CNC1CC(C)(C)NC(C)(C)C1)Cc1ccc(-c2ccccc2)cc1. The summed E-state index contributed by atoms with van der Waals surface area (Å²) >= 11 is 0. The Morgan fingerprint density at radius 2 is 1.44 bits per heavy atom. The molecule has 0 spiro atoms. The molecule has 2 aromatic rings. The first-order chi connectivity index (χ1) is 12.7. The molecule has 2 nitrogen and oxygen atoms in total. The van der Waals surface area contributed by atoms with Crippen molar-refractivity contribution in [3.63, 3.8) is 0 Å². The van der Waals surface area contributed by atoms with E-state index >= 15 is 0 Å². The molecule has 0 aromatic heterocycles. The van der Waals surface area contributed by atoms with Gasteiger partial charge in [0.2, 0.25) is 0 Å². The molecule has 0 aliphatic carbocycles. The first kappa shape index (κ1) is 20.1. The molecule has 0 bridgehead atoms. The van der Waals surface area contributed by atoms with Crippen LogP contribution in [0.1, 0.15) is 53.0 Å². The number of hydrogen-bond donors (Lipinski definition) is 2. The summed E-state index contributed by atoms with van der Waals surface area (Å²) in [6, 6.07) is 20.3. The van der Waals surface area contributed by atoms with E-state index < -0.39 is 0 Å².